The molecule has 0 fully saturated rings. The van der Waals surface area contributed by atoms with E-state index >= 15 is 0 Å². The lowest BCUT2D eigenvalue weighted by molar-refractivity contribution is -0.137. The van der Waals surface area contributed by atoms with Gasteiger partial charge in [-0.25, -0.2) is 0 Å². The molecule has 2 aromatic rings. The van der Waals surface area contributed by atoms with Gasteiger partial charge in [-0.2, -0.15) is 23.5 Å². The first-order valence-electron chi connectivity index (χ1n) is 8.15. The molecule has 0 saturated heterocycles. The molecule has 2 amide bonds. The second-order valence-electron chi connectivity index (χ2n) is 6.82. The Morgan fingerprint density at radius 3 is 2.46 bits per heavy atom. The predicted octanol–water partition coefficient (Wildman–Crippen LogP) is 3.40. The summed E-state index contributed by atoms with van der Waals surface area (Å²) in [5.41, 5.74) is -2.26. The number of nitrogens with zero attached hydrogens (tertiary/aromatic N) is 3. The predicted molar refractivity (Wildman–Crippen MR) is 95.1 cm³/mol. The molecule has 0 bridgehead atoms. The van der Waals surface area contributed by atoms with Crippen LogP contribution in [0, 0.1) is 16.7 Å². The number of alkyl halides is 3. The zero-order valence-corrected chi connectivity index (χ0v) is 15.4. The maximum atomic E-state index is 13.1. The van der Waals surface area contributed by atoms with Gasteiger partial charge in [-0.3, -0.25) is 14.3 Å². The fourth-order valence-corrected chi connectivity index (χ4v) is 2.45. The van der Waals surface area contributed by atoms with E-state index in [4.69, 9.17) is 5.26 Å². The van der Waals surface area contributed by atoms with E-state index in [0.29, 0.717) is 5.69 Å². The van der Waals surface area contributed by atoms with Gasteiger partial charge in [0.15, 0.2) is 0 Å². The Hall–Kier alpha value is -3.35. The largest absolute Gasteiger partial charge is 0.417 e. The Kier molecular flexibility index (Phi) is 5.78. The first kappa shape index (κ1) is 21.0. The van der Waals surface area contributed by atoms with Crippen molar-refractivity contribution in [3.63, 3.8) is 0 Å². The normalized spacial score (nSPS) is 11.6. The molecule has 0 aliphatic carbocycles. The van der Waals surface area contributed by atoms with Crippen LogP contribution in [0.25, 0.3) is 0 Å². The number of carbonyl (C=O) groups excluding carboxylic acids is 2. The maximum absolute atomic E-state index is 13.1. The van der Waals surface area contributed by atoms with E-state index in [1.165, 1.54) is 29.9 Å². The number of hydrogen-bond acceptors (Lipinski definition) is 4. The first-order valence-corrected chi connectivity index (χ1v) is 8.15. The van der Waals surface area contributed by atoms with Crippen LogP contribution in [-0.4, -0.2) is 21.6 Å². The smallest absolute Gasteiger partial charge is 0.326 e. The molecule has 7 nitrogen and oxygen atoms in total. The van der Waals surface area contributed by atoms with Gasteiger partial charge in [0.2, 0.25) is 11.8 Å². The van der Waals surface area contributed by atoms with Crippen LogP contribution < -0.4 is 10.6 Å². The summed E-state index contributed by atoms with van der Waals surface area (Å²) < 4.78 is 40.6. The fourth-order valence-electron chi connectivity index (χ4n) is 2.45. The highest BCUT2D eigenvalue weighted by molar-refractivity contribution is 5.95. The third-order valence-electron chi connectivity index (χ3n) is 3.83. The second kappa shape index (κ2) is 7.72. The van der Waals surface area contributed by atoms with E-state index in [1.54, 1.807) is 20.0 Å². The van der Waals surface area contributed by atoms with E-state index in [1.807, 2.05) is 0 Å². The molecule has 28 heavy (non-hydrogen) atoms. The molecule has 0 aliphatic rings. The summed E-state index contributed by atoms with van der Waals surface area (Å²) in [4.78, 5) is 23.6. The Bertz CT molecular complexity index is 941. The summed E-state index contributed by atoms with van der Waals surface area (Å²) in [5, 5.41) is 17.9. The Balaban J connectivity index is 2.16. The number of nitriles is 1. The van der Waals surface area contributed by atoms with Crippen molar-refractivity contribution in [3.8, 4) is 6.07 Å². The average Bonchev–Trinajstić information content (AvgIpc) is 2.99. The van der Waals surface area contributed by atoms with Gasteiger partial charge in [0.05, 0.1) is 41.0 Å². The number of amides is 2. The lowest BCUT2D eigenvalue weighted by atomic mass is 9.92. The summed E-state index contributed by atoms with van der Waals surface area (Å²) >= 11 is 0. The number of aromatic nitrogens is 2. The average molecular weight is 393 g/mol. The second-order valence-corrected chi connectivity index (χ2v) is 6.82. The Morgan fingerprint density at radius 1 is 1.21 bits per heavy atom. The zero-order chi connectivity index (χ0) is 21.1. The van der Waals surface area contributed by atoms with Gasteiger partial charge in [-0.05, 0) is 32.0 Å². The summed E-state index contributed by atoms with van der Waals surface area (Å²) in [5.74, 6) is -0.792. The summed E-state index contributed by atoms with van der Waals surface area (Å²) in [7, 11) is 0. The molecule has 0 radical (unpaired) electrons. The number of anilines is 2. The molecule has 0 unspecified atom stereocenters. The summed E-state index contributed by atoms with van der Waals surface area (Å²) in [6.07, 6.45) is -1.75. The number of halogens is 3. The van der Waals surface area contributed by atoms with Crippen molar-refractivity contribution in [2.75, 3.05) is 10.6 Å². The fraction of sp³-hybridized carbons (Fsp3) is 0.333. The molecular weight excluding hydrogens is 375 g/mol. The highest BCUT2D eigenvalue weighted by atomic mass is 19.4. The van der Waals surface area contributed by atoms with Crippen molar-refractivity contribution >= 4 is 23.2 Å². The zero-order valence-electron chi connectivity index (χ0n) is 15.4. The number of hydrogen-bond donors (Lipinski definition) is 2. The minimum Gasteiger partial charge on any atom is -0.326 e. The third-order valence-corrected chi connectivity index (χ3v) is 3.83. The molecule has 1 heterocycles. The highest BCUT2D eigenvalue weighted by Gasteiger charge is 2.34. The molecule has 0 spiro atoms. The maximum Gasteiger partial charge on any atom is 0.417 e. The molecule has 1 aromatic heterocycles. The van der Waals surface area contributed by atoms with Crippen LogP contribution in [0.3, 0.4) is 0 Å². The number of benzene rings is 1. The number of rotatable bonds is 5. The minimum atomic E-state index is -4.71. The number of nitrogens with one attached hydrogen (secondary N) is 2. The Labute approximate surface area is 159 Å². The molecule has 2 N–H and O–H groups in total. The van der Waals surface area contributed by atoms with E-state index in [9.17, 15) is 22.8 Å². The minimum absolute atomic E-state index is 0.0659. The van der Waals surface area contributed by atoms with Gasteiger partial charge in [0, 0.05) is 18.8 Å². The molecule has 0 aliphatic heterocycles. The molecule has 148 valence electrons. The van der Waals surface area contributed by atoms with Crippen molar-refractivity contribution < 1.29 is 22.8 Å². The van der Waals surface area contributed by atoms with Crippen molar-refractivity contribution in [2.45, 2.75) is 33.5 Å². The molecule has 0 atom stereocenters. The van der Waals surface area contributed by atoms with E-state index < -0.39 is 28.6 Å². The molecular formula is C18H18F3N5O2. The van der Waals surface area contributed by atoms with Crippen LogP contribution in [-0.2, 0) is 22.3 Å². The monoisotopic (exact) mass is 393 g/mol. The number of carbonyl (C=O) groups is 2. The Morgan fingerprint density at radius 2 is 1.89 bits per heavy atom. The first-order chi connectivity index (χ1) is 12.9. The van der Waals surface area contributed by atoms with Gasteiger partial charge in [0.1, 0.15) is 0 Å². The van der Waals surface area contributed by atoms with Crippen LogP contribution in [0.15, 0.2) is 30.6 Å². The molecule has 1 aromatic carbocycles. The lowest BCUT2D eigenvalue weighted by Crippen LogP contribution is -2.35. The SMILES string of the molecule is CC(=O)Nc1cnn(CC(C)(C)C(=O)Nc2ccc(C#N)c(C(F)(F)F)c2)c1. The van der Waals surface area contributed by atoms with Crippen LogP contribution in [0.5, 0.6) is 0 Å². The molecule has 10 heteroatoms. The van der Waals surface area contributed by atoms with Gasteiger partial charge in [-0.15, -0.1) is 0 Å². The van der Waals surface area contributed by atoms with E-state index in [-0.39, 0.29) is 18.1 Å². The van der Waals surface area contributed by atoms with Crippen LogP contribution in [0.2, 0.25) is 0 Å². The van der Waals surface area contributed by atoms with Gasteiger partial charge < -0.3 is 10.6 Å². The van der Waals surface area contributed by atoms with Crippen molar-refractivity contribution in [3.05, 3.63) is 41.7 Å². The highest BCUT2D eigenvalue weighted by Crippen LogP contribution is 2.34. The topological polar surface area (TPSA) is 99.8 Å². The van der Waals surface area contributed by atoms with Gasteiger partial charge >= 0.3 is 6.18 Å². The molecule has 0 saturated carbocycles. The molecule has 2 rings (SSSR count). The lowest BCUT2D eigenvalue weighted by Gasteiger charge is -2.24. The van der Waals surface area contributed by atoms with Crippen molar-refractivity contribution in [2.24, 2.45) is 5.41 Å². The summed E-state index contributed by atoms with van der Waals surface area (Å²) in [6, 6.07) is 4.47. The standard InChI is InChI=1S/C18H18F3N5O2/c1-11(27)24-14-8-23-26(9-14)10-17(2,3)16(28)25-13-5-4-12(7-22)15(6-13)18(19,20)21/h4-6,8-9H,10H2,1-3H3,(H,24,27)(H,25,28). The van der Waals surface area contributed by atoms with Gasteiger partial charge in [0.25, 0.3) is 0 Å². The van der Waals surface area contributed by atoms with Crippen molar-refractivity contribution in [1.82, 2.24) is 9.78 Å². The quantitative estimate of drug-likeness (QED) is 0.813. The van der Waals surface area contributed by atoms with E-state index in [2.05, 4.69) is 15.7 Å². The van der Waals surface area contributed by atoms with E-state index in [0.717, 1.165) is 12.1 Å². The van der Waals surface area contributed by atoms with Crippen LogP contribution >= 0.6 is 0 Å². The van der Waals surface area contributed by atoms with Crippen molar-refractivity contribution in [1.29, 1.82) is 5.26 Å². The van der Waals surface area contributed by atoms with Gasteiger partial charge in [-0.1, -0.05) is 0 Å². The summed E-state index contributed by atoms with van der Waals surface area (Å²) in [6.45, 7) is 4.69. The third kappa shape index (κ3) is 5.09. The van der Waals surface area contributed by atoms with Crippen LogP contribution in [0.1, 0.15) is 31.9 Å². The van der Waals surface area contributed by atoms with Crippen LogP contribution in [0.4, 0.5) is 24.5 Å².